The molecule has 3 nitrogen and oxygen atoms in total. The quantitative estimate of drug-likeness (QED) is 0.522. The highest BCUT2D eigenvalue weighted by molar-refractivity contribution is 5.03. The van der Waals surface area contributed by atoms with Gasteiger partial charge in [-0.2, -0.15) is 0 Å². The van der Waals surface area contributed by atoms with Crippen molar-refractivity contribution in [2.75, 3.05) is 0 Å². The van der Waals surface area contributed by atoms with Crippen molar-refractivity contribution < 1.29 is 4.42 Å². The second-order valence-electron chi connectivity index (χ2n) is 2.88. The third-order valence-electron chi connectivity index (χ3n) is 1.93. The van der Waals surface area contributed by atoms with Gasteiger partial charge in [0.1, 0.15) is 5.76 Å². The summed E-state index contributed by atoms with van der Waals surface area (Å²) in [5.41, 5.74) is 2.75. The molecule has 0 aromatic carbocycles. The Morgan fingerprint density at radius 2 is 2.50 bits per heavy atom. The van der Waals surface area contributed by atoms with Gasteiger partial charge in [0.25, 0.3) is 0 Å². The van der Waals surface area contributed by atoms with Crippen molar-refractivity contribution >= 4 is 0 Å². The molecule has 0 amide bonds. The fraction of sp³-hybridized carbons (Fsp3) is 0.556. The zero-order valence-corrected chi connectivity index (χ0v) is 7.42. The van der Waals surface area contributed by atoms with Crippen LogP contribution in [0.1, 0.15) is 38.0 Å². The van der Waals surface area contributed by atoms with E-state index in [-0.39, 0.29) is 6.04 Å². The molecule has 0 aliphatic heterocycles. The van der Waals surface area contributed by atoms with Crippen LogP contribution in [0.15, 0.2) is 22.8 Å². The maximum Gasteiger partial charge on any atom is 0.122 e. The van der Waals surface area contributed by atoms with E-state index in [1.54, 1.807) is 6.26 Å². The minimum absolute atomic E-state index is 0.167. The Labute approximate surface area is 72.9 Å². The molecule has 3 heteroatoms. The third-order valence-corrected chi connectivity index (χ3v) is 1.93. The smallest absolute Gasteiger partial charge is 0.122 e. The molecule has 1 rings (SSSR count). The first-order valence-corrected chi connectivity index (χ1v) is 4.38. The van der Waals surface area contributed by atoms with Gasteiger partial charge in [-0.1, -0.05) is 19.8 Å². The van der Waals surface area contributed by atoms with E-state index in [0.717, 1.165) is 18.6 Å². The zero-order chi connectivity index (χ0) is 8.81. The fourth-order valence-corrected chi connectivity index (χ4v) is 1.21. The zero-order valence-electron chi connectivity index (χ0n) is 7.42. The first kappa shape index (κ1) is 9.29. The van der Waals surface area contributed by atoms with Gasteiger partial charge in [0.05, 0.1) is 12.3 Å². The lowest BCUT2D eigenvalue weighted by Crippen LogP contribution is -2.27. The molecule has 68 valence electrons. The van der Waals surface area contributed by atoms with Crippen LogP contribution in [0.4, 0.5) is 0 Å². The van der Waals surface area contributed by atoms with Gasteiger partial charge in [-0.3, -0.25) is 5.84 Å². The van der Waals surface area contributed by atoms with Gasteiger partial charge in [-0.25, -0.2) is 5.43 Å². The van der Waals surface area contributed by atoms with Crippen molar-refractivity contribution in [3.63, 3.8) is 0 Å². The molecular formula is C9H16N2O. The maximum atomic E-state index is 5.39. The van der Waals surface area contributed by atoms with Crippen molar-refractivity contribution in [3.05, 3.63) is 24.2 Å². The summed E-state index contributed by atoms with van der Waals surface area (Å²) in [6.07, 6.45) is 5.04. The number of furan rings is 1. The summed E-state index contributed by atoms with van der Waals surface area (Å²) in [6.45, 7) is 2.16. The topological polar surface area (TPSA) is 51.2 Å². The average molecular weight is 168 g/mol. The largest absolute Gasteiger partial charge is 0.468 e. The minimum Gasteiger partial charge on any atom is -0.468 e. The van der Waals surface area contributed by atoms with E-state index < -0.39 is 0 Å². The van der Waals surface area contributed by atoms with E-state index in [1.165, 1.54) is 6.42 Å². The van der Waals surface area contributed by atoms with Gasteiger partial charge in [-0.05, 0) is 18.6 Å². The summed E-state index contributed by atoms with van der Waals surface area (Å²) in [5.74, 6) is 6.32. The van der Waals surface area contributed by atoms with E-state index in [4.69, 9.17) is 10.3 Å². The van der Waals surface area contributed by atoms with Crippen LogP contribution in [0.2, 0.25) is 0 Å². The fourth-order valence-electron chi connectivity index (χ4n) is 1.21. The molecule has 1 heterocycles. The van der Waals surface area contributed by atoms with Crippen LogP contribution in [0, 0.1) is 0 Å². The highest BCUT2D eigenvalue weighted by atomic mass is 16.3. The Morgan fingerprint density at radius 1 is 1.67 bits per heavy atom. The van der Waals surface area contributed by atoms with Crippen LogP contribution < -0.4 is 11.3 Å². The molecule has 0 fully saturated rings. The predicted octanol–water partition coefficient (Wildman–Crippen LogP) is 1.97. The molecule has 0 radical (unpaired) electrons. The van der Waals surface area contributed by atoms with Crippen molar-refractivity contribution in [1.82, 2.24) is 5.43 Å². The molecule has 1 aromatic heterocycles. The lowest BCUT2D eigenvalue weighted by atomic mass is 10.1. The molecule has 0 aliphatic rings. The van der Waals surface area contributed by atoms with E-state index >= 15 is 0 Å². The number of hydrogen-bond donors (Lipinski definition) is 2. The molecule has 3 N–H and O–H groups in total. The van der Waals surface area contributed by atoms with Gasteiger partial charge in [0.15, 0.2) is 0 Å². The van der Waals surface area contributed by atoms with Crippen molar-refractivity contribution in [2.24, 2.45) is 5.84 Å². The Hall–Kier alpha value is -0.800. The molecule has 0 saturated carbocycles. The molecule has 12 heavy (non-hydrogen) atoms. The Kier molecular flexibility index (Phi) is 3.84. The number of unbranched alkanes of at least 4 members (excludes halogenated alkanes) is 1. The number of nitrogens with two attached hydrogens (primary N) is 1. The average Bonchev–Trinajstić information content (AvgIpc) is 2.59. The van der Waals surface area contributed by atoms with Crippen LogP contribution >= 0.6 is 0 Å². The molecular weight excluding hydrogens is 152 g/mol. The Balaban J connectivity index is 2.45. The molecule has 0 aliphatic carbocycles. The SMILES string of the molecule is CCCCC(NN)c1ccco1. The van der Waals surface area contributed by atoms with E-state index in [0.29, 0.717) is 0 Å². The summed E-state index contributed by atoms with van der Waals surface area (Å²) in [6, 6.07) is 3.99. The van der Waals surface area contributed by atoms with Gasteiger partial charge in [0.2, 0.25) is 0 Å². The second-order valence-corrected chi connectivity index (χ2v) is 2.88. The van der Waals surface area contributed by atoms with Crippen LogP contribution in [0.25, 0.3) is 0 Å². The third kappa shape index (κ3) is 2.36. The van der Waals surface area contributed by atoms with E-state index in [9.17, 15) is 0 Å². The molecule has 0 spiro atoms. The standard InChI is InChI=1S/C9H16N2O/c1-2-3-5-8(11-10)9-6-4-7-12-9/h4,6-8,11H,2-3,5,10H2,1H3. The van der Waals surface area contributed by atoms with Gasteiger partial charge in [0, 0.05) is 0 Å². The van der Waals surface area contributed by atoms with Gasteiger partial charge >= 0.3 is 0 Å². The van der Waals surface area contributed by atoms with Crippen molar-refractivity contribution in [3.8, 4) is 0 Å². The number of hydrogen-bond acceptors (Lipinski definition) is 3. The van der Waals surface area contributed by atoms with Crippen molar-refractivity contribution in [1.29, 1.82) is 0 Å². The summed E-state index contributed by atoms with van der Waals surface area (Å²) in [7, 11) is 0. The van der Waals surface area contributed by atoms with Crippen LogP contribution in [-0.4, -0.2) is 0 Å². The summed E-state index contributed by atoms with van der Waals surface area (Å²) in [5, 5.41) is 0. The number of nitrogens with one attached hydrogen (secondary N) is 1. The Morgan fingerprint density at radius 3 is 3.00 bits per heavy atom. The predicted molar refractivity (Wildman–Crippen MR) is 48.3 cm³/mol. The Bertz CT molecular complexity index is 196. The van der Waals surface area contributed by atoms with Crippen LogP contribution in [0.5, 0.6) is 0 Å². The molecule has 1 unspecified atom stereocenters. The van der Waals surface area contributed by atoms with E-state index in [1.807, 2.05) is 12.1 Å². The van der Waals surface area contributed by atoms with Gasteiger partial charge < -0.3 is 4.42 Å². The first-order valence-electron chi connectivity index (χ1n) is 4.38. The molecule has 1 atom stereocenters. The van der Waals surface area contributed by atoms with E-state index in [2.05, 4.69) is 12.3 Å². The van der Waals surface area contributed by atoms with Crippen LogP contribution in [0.3, 0.4) is 0 Å². The second kappa shape index (κ2) is 4.95. The minimum atomic E-state index is 0.167. The van der Waals surface area contributed by atoms with Crippen LogP contribution in [-0.2, 0) is 0 Å². The highest BCUT2D eigenvalue weighted by Gasteiger charge is 2.10. The lowest BCUT2D eigenvalue weighted by molar-refractivity contribution is 0.393. The molecule has 0 bridgehead atoms. The summed E-state index contributed by atoms with van der Waals surface area (Å²) in [4.78, 5) is 0. The number of rotatable bonds is 5. The summed E-state index contributed by atoms with van der Waals surface area (Å²) >= 11 is 0. The lowest BCUT2D eigenvalue weighted by Gasteiger charge is -2.11. The molecule has 1 aromatic rings. The van der Waals surface area contributed by atoms with Gasteiger partial charge in [-0.15, -0.1) is 0 Å². The summed E-state index contributed by atoms with van der Waals surface area (Å²) < 4.78 is 5.24. The maximum absolute atomic E-state index is 5.39. The molecule has 0 saturated heterocycles. The normalized spacial score (nSPS) is 13.2. The monoisotopic (exact) mass is 168 g/mol. The first-order chi connectivity index (χ1) is 5.88. The highest BCUT2D eigenvalue weighted by Crippen LogP contribution is 2.18. The van der Waals surface area contributed by atoms with Crippen molar-refractivity contribution in [2.45, 2.75) is 32.2 Å². The number of hydrazine groups is 1.